The molecule has 0 heterocycles. The standard InChI is InChI=1S/C17H21F2N/c1-20-14(8-11-12(18)3-2-4-13(11)19)17-15-9-5-6-10(7-9)16(15)17/h2-4,9-10,14-17,20H,5-8H2,1H3. The second-order valence-corrected chi connectivity index (χ2v) is 6.86. The molecule has 108 valence electrons. The monoisotopic (exact) mass is 277 g/mol. The molecule has 3 heteroatoms. The zero-order valence-electron chi connectivity index (χ0n) is 11.8. The molecule has 1 aromatic rings. The first-order valence-electron chi connectivity index (χ1n) is 7.81. The van der Waals surface area contributed by atoms with Crippen LogP contribution in [-0.4, -0.2) is 13.1 Å². The topological polar surface area (TPSA) is 12.0 Å². The Labute approximate surface area is 118 Å². The molecular formula is C17H21F2N. The van der Waals surface area contributed by atoms with Crippen LogP contribution in [0.1, 0.15) is 24.8 Å². The SMILES string of the molecule is CNC(Cc1c(F)cccc1F)C1C2C3CCC(C3)C21. The van der Waals surface area contributed by atoms with E-state index in [2.05, 4.69) is 5.32 Å². The molecule has 1 aromatic carbocycles. The first-order valence-corrected chi connectivity index (χ1v) is 7.81. The van der Waals surface area contributed by atoms with Gasteiger partial charge in [0.1, 0.15) is 11.6 Å². The number of hydrogen-bond acceptors (Lipinski definition) is 1. The molecule has 3 saturated carbocycles. The van der Waals surface area contributed by atoms with E-state index in [0.717, 1.165) is 23.7 Å². The molecule has 0 aromatic heterocycles. The minimum absolute atomic E-state index is 0.222. The second kappa shape index (κ2) is 4.52. The summed E-state index contributed by atoms with van der Waals surface area (Å²) in [6.45, 7) is 0. The normalized spacial score (nSPS) is 38.9. The number of benzene rings is 1. The highest BCUT2D eigenvalue weighted by atomic mass is 19.1. The highest BCUT2D eigenvalue weighted by molar-refractivity contribution is 5.23. The molecule has 1 N–H and O–H groups in total. The first-order chi connectivity index (χ1) is 9.70. The molecule has 0 radical (unpaired) electrons. The molecule has 4 rings (SSSR count). The van der Waals surface area contributed by atoms with E-state index in [1.54, 1.807) is 0 Å². The summed E-state index contributed by atoms with van der Waals surface area (Å²) in [7, 11) is 1.93. The van der Waals surface area contributed by atoms with E-state index in [1.165, 1.54) is 37.5 Å². The van der Waals surface area contributed by atoms with E-state index in [9.17, 15) is 8.78 Å². The number of fused-ring (bicyclic) bond motifs is 5. The van der Waals surface area contributed by atoms with Crippen LogP contribution in [0.15, 0.2) is 18.2 Å². The fraction of sp³-hybridized carbons (Fsp3) is 0.647. The smallest absolute Gasteiger partial charge is 0.129 e. The molecule has 3 aliphatic rings. The third kappa shape index (κ3) is 1.75. The molecule has 0 amide bonds. The van der Waals surface area contributed by atoms with Gasteiger partial charge in [0, 0.05) is 11.6 Å². The molecule has 1 nitrogen and oxygen atoms in total. The number of nitrogens with one attached hydrogen (secondary N) is 1. The van der Waals surface area contributed by atoms with E-state index < -0.39 is 11.6 Å². The van der Waals surface area contributed by atoms with Gasteiger partial charge in [-0.2, -0.15) is 0 Å². The Morgan fingerprint density at radius 2 is 1.75 bits per heavy atom. The Bertz CT molecular complexity index is 493. The van der Waals surface area contributed by atoms with Crippen LogP contribution in [0.2, 0.25) is 0 Å². The first kappa shape index (κ1) is 12.8. The molecule has 0 saturated heterocycles. The maximum absolute atomic E-state index is 13.8. The summed E-state index contributed by atoms with van der Waals surface area (Å²) in [5.41, 5.74) is 0.254. The summed E-state index contributed by atoms with van der Waals surface area (Å²) >= 11 is 0. The molecule has 0 spiro atoms. The van der Waals surface area contributed by atoms with Crippen molar-refractivity contribution < 1.29 is 8.78 Å². The van der Waals surface area contributed by atoms with Gasteiger partial charge in [0.15, 0.2) is 0 Å². The van der Waals surface area contributed by atoms with Crippen LogP contribution in [0, 0.1) is 41.2 Å². The second-order valence-electron chi connectivity index (χ2n) is 6.86. The van der Waals surface area contributed by atoms with Crippen molar-refractivity contribution in [3.05, 3.63) is 35.4 Å². The van der Waals surface area contributed by atoms with E-state index in [4.69, 9.17) is 0 Å². The zero-order chi connectivity index (χ0) is 13.9. The van der Waals surface area contributed by atoms with Crippen LogP contribution >= 0.6 is 0 Å². The molecule has 2 bridgehead atoms. The Hall–Kier alpha value is -0.960. The third-order valence-electron chi connectivity index (χ3n) is 6.12. The average Bonchev–Trinajstić information content (AvgIpc) is 2.87. The van der Waals surface area contributed by atoms with Crippen molar-refractivity contribution in [2.24, 2.45) is 29.6 Å². The number of likely N-dealkylation sites (N-methyl/N-ethyl adjacent to an activating group) is 1. The number of rotatable bonds is 4. The van der Waals surface area contributed by atoms with Crippen LogP contribution in [-0.2, 0) is 6.42 Å². The maximum atomic E-state index is 13.8. The fourth-order valence-corrected chi connectivity index (χ4v) is 5.31. The molecule has 3 aliphatic carbocycles. The van der Waals surface area contributed by atoms with Gasteiger partial charge < -0.3 is 5.32 Å². The fourth-order valence-electron chi connectivity index (χ4n) is 5.31. The third-order valence-corrected chi connectivity index (χ3v) is 6.12. The molecule has 20 heavy (non-hydrogen) atoms. The predicted molar refractivity (Wildman–Crippen MR) is 74.2 cm³/mol. The van der Waals surface area contributed by atoms with E-state index >= 15 is 0 Å². The maximum Gasteiger partial charge on any atom is 0.129 e. The Morgan fingerprint density at radius 1 is 1.15 bits per heavy atom. The summed E-state index contributed by atoms with van der Waals surface area (Å²) in [5.74, 6) is 3.30. The van der Waals surface area contributed by atoms with Gasteiger partial charge in [-0.05, 0) is 74.5 Å². The van der Waals surface area contributed by atoms with Gasteiger partial charge in [-0.15, -0.1) is 0 Å². The van der Waals surface area contributed by atoms with Crippen molar-refractivity contribution in [2.75, 3.05) is 7.05 Å². The number of halogens is 2. The predicted octanol–water partition coefficient (Wildman–Crippen LogP) is 3.39. The van der Waals surface area contributed by atoms with Crippen molar-refractivity contribution in [3.8, 4) is 0 Å². The lowest BCUT2D eigenvalue weighted by molar-refractivity contribution is 0.370. The Balaban J connectivity index is 1.53. The van der Waals surface area contributed by atoms with Crippen molar-refractivity contribution in [3.63, 3.8) is 0 Å². The van der Waals surface area contributed by atoms with Gasteiger partial charge in [0.25, 0.3) is 0 Å². The van der Waals surface area contributed by atoms with Gasteiger partial charge in [-0.3, -0.25) is 0 Å². The summed E-state index contributed by atoms with van der Waals surface area (Å²) in [6.07, 6.45) is 4.65. The number of hydrogen-bond donors (Lipinski definition) is 1. The molecule has 3 fully saturated rings. The van der Waals surface area contributed by atoms with Crippen LogP contribution < -0.4 is 5.32 Å². The minimum Gasteiger partial charge on any atom is -0.316 e. The Kier molecular flexibility index (Phi) is 2.88. The van der Waals surface area contributed by atoms with Crippen LogP contribution in [0.25, 0.3) is 0 Å². The van der Waals surface area contributed by atoms with Crippen molar-refractivity contribution in [1.29, 1.82) is 0 Å². The molecule has 5 unspecified atom stereocenters. The van der Waals surface area contributed by atoms with Gasteiger partial charge in [-0.1, -0.05) is 6.07 Å². The highest BCUT2D eigenvalue weighted by Gasteiger charge is 2.66. The molecular weight excluding hydrogens is 256 g/mol. The van der Waals surface area contributed by atoms with E-state index in [0.29, 0.717) is 12.3 Å². The van der Waals surface area contributed by atoms with Crippen molar-refractivity contribution in [2.45, 2.75) is 31.7 Å². The van der Waals surface area contributed by atoms with Crippen LogP contribution in [0.3, 0.4) is 0 Å². The van der Waals surface area contributed by atoms with Gasteiger partial charge in [-0.25, -0.2) is 8.78 Å². The largest absolute Gasteiger partial charge is 0.316 e. The minimum atomic E-state index is -0.404. The zero-order valence-corrected chi connectivity index (χ0v) is 11.8. The van der Waals surface area contributed by atoms with Crippen LogP contribution in [0.5, 0.6) is 0 Å². The van der Waals surface area contributed by atoms with Crippen molar-refractivity contribution >= 4 is 0 Å². The summed E-state index contributed by atoms with van der Waals surface area (Å²) in [4.78, 5) is 0. The molecule has 5 atom stereocenters. The lowest BCUT2D eigenvalue weighted by Crippen LogP contribution is -2.33. The average molecular weight is 277 g/mol. The summed E-state index contributed by atoms with van der Waals surface area (Å²) in [6, 6.07) is 4.39. The summed E-state index contributed by atoms with van der Waals surface area (Å²) < 4.78 is 27.6. The lowest BCUT2D eigenvalue weighted by Gasteiger charge is -2.20. The highest BCUT2D eigenvalue weighted by Crippen LogP contribution is 2.70. The van der Waals surface area contributed by atoms with Gasteiger partial charge >= 0.3 is 0 Å². The molecule has 0 aliphatic heterocycles. The van der Waals surface area contributed by atoms with E-state index in [1.807, 2.05) is 7.05 Å². The van der Waals surface area contributed by atoms with E-state index in [-0.39, 0.29) is 11.6 Å². The van der Waals surface area contributed by atoms with Gasteiger partial charge in [0.2, 0.25) is 0 Å². The summed E-state index contributed by atoms with van der Waals surface area (Å²) in [5, 5.41) is 3.33. The lowest BCUT2D eigenvalue weighted by atomic mass is 9.93. The quantitative estimate of drug-likeness (QED) is 0.889. The van der Waals surface area contributed by atoms with Gasteiger partial charge in [0.05, 0.1) is 0 Å². The Morgan fingerprint density at radius 3 is 2.30 bits per heavy atom. The van der Waals surface area contributed by atoms with Crippen LogP contribution in [0.4, 0.5) is 8.78 Å². The van der Waals surface area contributed by atoms with Crippen molar-refractivity contribution in [1.82, 2.24) is 5.32 Å².